The van der Waals surface area contributed by atoms with Gasteiger partial charge in [0, 0.05) is 19.6 Å². The number of amides is 3. The third-order valence-corrected chi connectivity index (χ3v) is 6.38. The summed E-state index contributed by atoms with van der Waals surface area (Å²) in [6, 6.07) is 3.77. The van der Waals surface area contributed by atoms with Crippen molar-refractivity contribution in [2.24, 2.45) is 22.6 Å². The first kappa shape index (κ1) is 24.1. The van der Waals surface area contributed by atoms with Crippen LogP contribution in [-0.4, -0.2) is 55.9 Å². The van der Waals surface area contributed by atoms with Crippen molar-refractivity contribution in [3.05, 3.63) is 29.0 Å². The van der Waals surface area contributed by atoms with E-state index >= 15 is 0 Å². The molecule has 9 nitrogen and oxygen atoms in total. The second-order valence-corrected chi connectivity index (χ2v) is 8.33. The van der Waals surface area contributed by atoms with Gasteiger partial charge in [-0.25, -0.2) is 4.39 Å². The molecule has 174 valence electrons. The van der Waals surface area contributed by atoms with Gasteiger partial charge in [0.05, 0.1) is 24.0 Å². The van der Waals surface area contributed by atoms with Gasteiger partial charge in [-0.1, -0.05) is 11.6 Å². The van der Waals surface area contributed by atoms with Crippen molar-refractivity contribution in [3.63, 3.8) is 0 Å². The molecule has 1 fully saturated rings. The van der Waals surface area contributed by atoms with Crippen molar-refractivity contribution >= 4 is 40.7 Å². The Morgan fingerprint density at radius 2 is 2.03 bits per heavy atom. The number of primary amides is 1. The Morgan fingerprint density at radius 3 is 2.66 bits per heavy atom. The van der Waals surface area contributed by atoms with Gasteiger partial charge in [0.1, 0.15) is 17.1 Å². The number of anilines is 1. The van der Waals surface area contributed by atoms with Crippen LogP contribution in [0, 0.1) is 17.7 Å². The van der Waals surface area contributed by atoms with Crippen LogP contribution in [0.2, 0.25) is 5.02 Å². The Bertz CT molecular complexity index is 919. The summed E-state index contributed by atoms with van der Waals surface area (Å²) in [7, 11) is 1.52. The molecule has 1 saturated carbocycles. The molecular weight excluding hydrogens is 441 g/mol. The lowest BCUT2D eigenvalue weighted by Crippen LogP contribution is -2.66. The smallest absolute Gasteiger partial charge is 0.267 e. The molecular formula is C21H27ClFN5O4. The number of methoxy groups -OCH3 is 1. The number of nitrogens with one attached hydrogen (secondary N) is 3. The molecule has 0 bridgehead atoms. The molecule has 1 aromatic carbocycles. The first-order valence-corrected chi connectivity index (χ1v) is 10.8. The molecule has 1 aromatic rings. The molecule has 1 atom stereocenters. The highest BCUT2D eigenvalue weighted by atomic mass is 35.5. The van der Waals surface area contributed by atoms with Crippen LogP contribution in [0.1, 0.15) is 25.7 Å². The van der Waals surface area contributed by atoms with E-state index in [1.54, 1.807) is 0 Å². The van der Waals surface area contributed by atoms with E-state index in [1.165, 1.54) is 19.2 Å². The molecule has 1 unspecified atom stereocenters. The van der Waals surface area contributed by atoms with Crippen molar-refractivity contribution < 1.29 is 23.5 Å². The standard InChI is InChI=1S/C21H27ClFN5O4/c1-32-9-8-25-19(30)17-21(20(24)31,27-11-26-17)13-4-2-12(3-5-13)18(29)28-16-7-6-14(23)10-15(16)22/h6-7,10,12-13,27H,2-5,8-9,11H2,1H3,(H2,24,31)(H,25,30)(H,28,29). The molecule has 0 aromatic heterocycles. The number of carbonyl (C=O) groups excluding carboxylic acids is 3. The summed E-state index contributed by atoms with van der Waals surface area (Å²) in [5.74, 6) is -2.44. The molecule has 3 amide bonds. The second-order valence-electron chi connectivity index (χ2n) is 7.92. The average molecular weight is 468 g/mol. The van der Waals surface area contributed by atoms with E-state index < -0.39 is 23.2 Å². The van der Waals surface area contributed by atoms with Crippen molar-refractivity contribution in [2.45, 2.75) is 31.2 Å². The van der Waals surface area contributed by atoms with Gasteiger partial charge in [0.25, 0.3) is 5.91 Å². The largest absolute Gasteiger partial charge is 0.383 e. The number of benzene rings is 1. The van der Waals surface area contributed by atoms with Gasteiger partial charge < -0.3 is 21.1 Å². The molecule has 1 heterocycles. The number of aliphatic imine (C=N–C) groups is 1. The van der Waals surface area contributed by atoms with Crippen molar-refractivity contribution in [2.75, 3.05) is 32.2 Å². The number of nitrogens with two attached hydrogens (primary N) is 1. The highest BCUT2D eigenvalue weighted by Crippen LogP contribution is 2.38. The third kappa shape index (κ3) is 4.92. The zero-order chi connectivity index (χ0) is 23.3. The molecule has 32 heavy (non-hydrogen) atoms. The monoisotopic (exact) mass is 467 g/mol. The fraction of sp³-hybridized carbons (Fsp3) is 0.524. The molecule has 0 spiro atoms. The molecule has 2 aliphatic rings. The van der Waals surface area contributed by atoms with Crippen molar-refractivity contribution in [1.82, 2.24) is 10.6 Å². The average Bonchev–Trinajstić information content (AvgIpc) is 3.22. The van der Waals surface area contributed by atoms with Crippen LogP contribution in [0.15, 0.2) is 23.2 Å². The van der Waals surface area contributed by atoms with E-state index in [9.17, 15) is 18.8 Å². The van der Waals surface area contributed by atoms with Crippen LogP contribution < -0.4 is 21.7 Å². The van der Waals surface area contributed by atoms with Crippen molar-refractivity contribution in [3.8, 4) is 0 Å². The molecule has 11 heteroatoms. The number of rotatable bonds is 8. The minimum Gasteiger partial charge on any atom is -0.383 e. The van der Waals surface area contributed by atoms with Crippen LogP contribution in [0.3, 0.4) is 0 Å². The normalized spacial score (nSPS) is 25.2. The summed E-state index contributed by atoms with van der Waals surface area (Å²) in [4.78, 5) is 42.1. The summed E-state index contributed by atoms with van der Waals surface area (Å²) in [6.45, 7) is 0.718. The number of ether oxygens (including phenoxy) is 1. The topological polar surface area (TPSA) is 135 Å². The maximum Gasteiger partial charge on any atom is 0.267 e. The zero-order valence-corrected chi connectivity index (χ0v) is 18.5. The first-order valence-electron chi connectivity index (χ1n) is 10.4. The number of nitrogens with zero attached hydrogens (tertiary/aromatic N) is 1. The van der Waals surface area contributed by atoms with Crippen molar-refractivity contribution in [1.29, 1.82) is 0 Å². The van der Waals surface area contributed by atoms with Gasteiger partial charge in [-0.3, -0.25) is 24.7 Å². The van der Waals surface area contributed by atoms with Crippen LogP contribution in [0.5, 0.6) is 0 Å². The van der Waals surface area contributed by atoms with Crippen LogP contribution in [0.25, 0.3) is 0 Å². The minimum atomic E-state index is -1.38. The SMILES string of the molecule is COCCNC(=O)C1=NCNC1(C(N)=O)C1CCC(C(=O)Nc2ccc(F)cc2Cl)CC1. The fourth-order valence-corrected chi connectivity index (χ4v) is 4.62. The quantitative estimate of drug-likeness (QED) is 0.426. The lowest BCUT2D eigenvalue weighted by Gasteiger charge is -2.39. The molecule has 1 aliphatic carbocycles. The predicted octanol–water partition coefficient (Wildman–Crippen LogP) is 1.21. The summed E-state index contributed by atoms with van der Waals surface area (Å²) < 4.78 is 18.2. The third-order valence-electron chi connectivity index (χ3n) is 6.06. The molecule has 1 aliphatic heterocycles. The van der Waals surface area contributed by atoms with Gasteiger partial charge >= 0.3 is 0 Å². The maximum atomic E-state index is 13.2. The van der Waals surface area contributed by atoms with Gasteiger partial charge in [-0.2, -0.15) is 0 Å². The number of halogens is 2. The van der Waals surface area contributed by atoms with E-state index in [0.717, 1.165) is 6.07 Å². The van der Waals surface area contributed by atoms with Crippen LogP contribution in [-0.2, 0) is 19.1 Å². The minimum absolute atomic E-state index is 0.0760. The van der Waals surface area contributed by atoms with Gasteiger partial charge in [-0.05, 0) is 49.8 Å². The molecule has 3 rings (SSSR count). The highest BCUT2D eigenvalue weighted by Gasteiger charge is 2.54. The number of carbonyl (C=O) groups is 3. The van der Waals surface area contributed by atoms with E-state index in [0.29, 0.717) is 38.0 Å². The Kier molecular flexibility index (Phi) is 7.81. The van der Waals surface area contributed by atoms with Crippen LogP contribution >= 0.6 is 11.6 Å². The van der Waals surface area contributed by atoms with Gasteiger partial charge in [0.15, 0.2) is 0 Å². The first-order chi connectivity index (χ1) is 15.3. The lowest BCUT2D eigenvalue weighted by molar-refractivity contribution is -0.126. The zero-order valence-electron chi connectivity index (χ0n) is 17.7. The van der Waals surface area contributed by atoms with E-state index in [4.69, 9.17) is 22.1 Å². The van der Waals surface area contributed by atoms with Gasteiger partial charge in [-0.15, -0.1) is 0 Å². The highest BCUT2D eigenvalue weighted by molar-refractivity contribution is 6.47. The second kappa shape index (κ2) is 10.4. The van der Waals surface area contributed by atoms with E-state index in [2.05, 4.69) is 20.9 Å². The number of hydrogen-bond acceptors (Lipinski definition) is 6. The predicted molar refractivity (Wildman–Crippen MR) is 118 cm³/mol. The fourth-order valence-electron chi connectivity index (χ4n) is 4.41. The Morgan fingerprint density at radius 1 is 1.31 bits per heavy atom. The summed E-state index contributed by atoms with van der Waals surface area (Å²) in [5, 5.41) is 8.58. The summed E-state index contributed by atoms with van der Waals surface area (Å²) >= 11 is 5.99. The van der Waals surface area contributed by atoms with E-state index in [-0.39, 0.29) is 41.7 Å². The van der Waals surface area contributed by atoms with Crippen LogP contribution in [0.4, 0.5) is 10.1 Å². The number of hydrogen-bond donors (Lipinski definition) is 4. The summed E-state index contributed by atoms with van der Waals surface area (Å²) in [6.07, 6.45) is 1.97. The summed E-state index contributed by atoms with van der Waals surface area (Å²) in [5.41, 5.74) is 4.80. The Balaban J connectivity index is 1.66. The van der Waals surface area contributed by atoms with Gasteiger partial charge in [0.2, 0.25) is 11.8 Å². The van der Waals surface area contributed by atoms with E-state index in [1.807, 2.05) is 0 Å². The Labute approximate surface area is 190 Å². The molecule has 0 saturated heterocycles. The maximum absolute atomic E-state index is 13.2. The molecule has 0 radical (unpaired) electrons. The lowest BCUT2D eigenvalue weighted by atomic mass is 9.69. The Hall–Kier alpha value is -2.56. The molecule has 5 N–H and O–H groups in total.